The molecule has 1 N–H and O–H groups in total. The van der Waals surface area contributed by atoms with Crippen molar-refractivity contribution in [2.45, 2.75) is 6.42 Å². The Labute approximate surface area is 108 Å². The minimum Gasteiger partial charge on any atom is -0.481 e. The SMILES string of the molecule is O=C(O)Cc1cn2c([N+](=O)[O-])cc(I)cc2n1. The lowest BCUT2D eigenvalue weighted by molar-refractivity contribution is -0.390. The highest BCUT2D eigenvalue weighted by molar-refractivity contribution is 14.1. The third-order valence-electron chi connectivity index (χ3n) is 2.08. The van der Waals surface area contributed by atoms with Crippen LogP contribution in [-0.4, -0.2) is 25.4 Å². The number of pyridine rings is 1. The number of carboxylic acids is 1. The second-order valence-corrected chi connectivity index (χ2v) is 4.57. The number of nitro groups is 1. The molecule has 0 aliphatic rings. The summed E-state index contributed by atoms with van der Waals surface area (Å²) in [5.74, 6) is -1.15. The van der Waals surface area contributed by atoms with Crippen LogP contribution in [-0.2, 0) is 11.2 Å². The zero-order valence-corrected chi connectivity index (χ0v) is 10.5. The summed E-state index contributed by atoms with van der Waals surface area (Å²) in [6.07, 6.45) is 1.12. The smallest absolute Gasteiger partial charge is 0.330 e. The van der Waals surface area contributed by atoms with Crippen LogP contribution in [0.25, 0.3) is 5.65 Å². The van der Waals surface area contributed by atoms with Gasteiger partial charge in [-0.25, -0.2) is 4.98 Å². The predicted molar refractivity (Wildman–Crippen MR) is 65.9 cm³/mol. The molecule has 2 heterocycles. The van der Waals surface area contributed by atoms with Gasteiger partial charge >= 0.3 is 11.8 Å². The number of hydrogen-bond acceptors (Lipinski definition) is 4. The van der Waals surface area contributed by atoms with Gasteiger partial charge in [-0.1, -0.05) is 0 Å². The van der Waals surface area contributed by atoms with Crippen molar-refractivity contribution < 1.29 is 14.8 Å². The first-order chi connectivity index (χ1) is 7.97. The molecule has 2 aromatic heterocycles. The van der Waals surface area contributed by atoms with E-state index >= 15 is 0 Å². The Bertz CT molecular complexity index is 622. The van der Waals surface area contributed by atoms with Crippen LogP contribution in [0.15, 0.2) is 18.3 Å². The number of halogens is 1. The van der Waals surface area contributed by atoms with Crippen molar-refractivity contribution in [2.24, 2.45) is 0 Å². The molecule has 0 saturated carbocycles. The van der Waals surface area contributed by atoms with E-state index in [1.807, 2.05) is 22.6 Å². The number of nitrogens with zero attached hydrogens (tertiary/aromatic N) is 3. The Hall–Kier alpha value is -1.71. The van der Waals surface area contributed by atoms with Crippen molar-refractivity contribution in [1.29, 1.82) is 0 Å². The summed E-state index contributed by atoms with van der Waals surface area (Å²) < 4.78 is 1.95. The van der Waals surface area contributed by atoms with Gasteiger partial charge in [-0.15, -0.1) is 0 Å². The second-order valence-electron chi connectivity index (χ2n) is 3.32. The van der Waals surface area contributed by atoms with Gasteiger partial charge in [0.05, 0.1) is 12.1 Å². The molecule has 0 saturated heterocycles. The first-order valence-corrected chi connectivity index (χ1v) is 5.59. The number of hydrogen-bond donors (Lipinski definition) is 1. The molecule has 0 bridgehead atoms. The monoisotopic (exact) mass is 347 g/mol. The van der Waals surface area contributed by atoms with Crippen molar-refractivity contribution in [3.8, 4) is 0 Å². The lowest BCUT2D eigenvalue weighted by Gasteiger charge is -1.97. The van der Waals surface area contributed by atoms with Crippen molar-refractivity contribution >= 4 is 40.0 Å². The minimum absolute atomic E-state index is 0.129. The average molecular weight is 347 g/mol. The molecule has 2 rings (SSSR count). The maximum atomic E-state index is 10.8. The molecule has 0 radical (unpaired) electrons. The summed E-state index contributed by atoms with van der Waals surface area (Å²) in [6.45, 7) is 0. The molecule has 0 spiro atoms. The Kier molecular flexibility index (Phi) is 2.96. The maximum absolute atomic E-state index is 10.8. The number of fused-ring (bicyclic) bond motifs is 1. The number of carboxylic acid groups (broad SMARTS) is 1. The molecule has 7 nitrogen and oxygen atoms in total. The molecule has 0 aliphatic carbocycles. The Morgan fingerprint density at radius 2 is 2.29 bits per heavy atom. The summed E-state index contributed by atoms with van der Waals surface area (Å²) >= 11 is 1.95. The topological polar surface area (TPSA) is 97.7 Å². The van der Waals surface area contributed by atoms with Gasteiger partial charge in [0.2, 0.25) is 5.65 Å². The van der Waals surface area contributed by atoms with E-state index < -0.39 is 10.9 Å². The van der Waals surface area contributed by atoms with Crippen molar-refractivity contribution in [3.05, 3.63) is 37.7 Å². The van der Waals surface area contributed by atoms with Crippen LogP contribution >= 0.6 is 22.6 Å². The minimum atomic E-state index is -1.02. The number of aliphatic carboxylic acids is 1. The van der Waals surface area contributed by atoms with E-state index in [9.17, 15) is 14.9 Å². The fourth-order valence-electron chi connectivity index (χ4n) is 1.47. The molecule has 0 aliphatic heterocycles. The van der Waals surface area contributed by atoms with Crippen LogP contribution in [0.2, 0.25) is 0 Å². The molecule has 0 aromatic carbocycles. The van der Waals surface area contributed by atoms with Gasteiger partial charge in [-0.2, -0.15) is 4.40 Å². The fraction of sp³-hybridized carbons (Fsp3) is 0.111. The summed E-state index contributed by atoms with van der Waals surface area (Å²) in [7, 11) is 0. The molecular formula is C9H6IN3O4. The molecule has 0 unspecified atom stereocenters. The Morgan fingerprint density at radius 3 is 2.88 bits per heavy atom. The highest BCUT2D eigenvalue weighted by atomic mass is 127. The molecule has 0 atom stereocenters. The van der Waals surface area contributed by atoms with Crippen LogP contribution < -0.4 is 0 Å². The third-order valence-corrected chi connectivity index (χ3v) is 2.71. The van der Waals surface area contributed by atoms with Gasteiger partial charge in [0.1, 0.15) is 6.20 Å². The highest BCUT2D eigenvalue weighted by Crippen LogP contribution is 2.20. The Morgan fingerprint density at radius 1 is 1.59 bits per heavy atom. The van der Waals surface area contributed by atoms with Gasteiger partial charge < -0.3 is 15.2 Å². The van der Waals surface area contributed by atoms with Crippen LogP contribution in [0.4, 0.5) is 5.82 Å². The summed E-state index contributed by atoms with van der Waals surface area (Å²) in [4.78, 5) is 24.9. The summed E-state index contributed by atoms with van der Waals surface area (Å²) in [5, 5.41) is 19.5. The molecule has 17 heavy (non-hydrogen) atoms. The molecule has 8 heteroatoms. The number of carbonyl (C=O) groups is 1. The van der Waals surface area contributed by atoms with Crippen molar-refractivity contribution in [2.75, 3.05) is 0 Å². The van der Waals surface area contributed by atoms with Crippen LogP contribution in [0.3, 0.4) is 0 Å². The quantitative estimate of drug-likeness (QED) is 0.515. The Balaban J connectivity index is 2.63. The molecule has 2 aromatic rings. The van der Waals surface area contributed by atoms with Gasteiger partial charge in [-0.3, -0.25) is 4.79 Å². The van der Waals surface area contributed by atoms with Gasteiger partial charge in [0.25, 0.3) is 0 Å². The van der Waals surface area contributed by atoms with Crippen LogP contribution in [0.5, 0.6) is 0 Å². The van der Waals surface area contributed by atoms with E-state index in [1.54, 1.807) is 6.07 Å². The third kappa shape index (κ3) is 2.35. The van der Waals surface area contributed by atoms with E-state index in [-0.39, 0.29) is 12.2 Å². The lowest BCUT2D eigenvalue weighted by Crippen LogP contribution is -1.99. The zero-order chi connectivity index (χ0) is 12.6. The number of aromatic nitrogens is 2. The second kappa shape index (κ2) is 4.28. The number of imidazole rings is 1. The number of rotatable bonds is 3. The first-order valence-electron chi connectivity index (χ1n) is 4.51. The van der Waals surface area contributed by atoms with Gasteiger partial charge in [0.15, 0.2) is 0 Å². The van der Waals surface area contributed by atoms with Crippen LogP contribution in [0, 0.1) is 13.7 Å². The van der Waals surface area contributed by atoms with E-state index in [4.69, 9.17) is 5.11 Å². The van der Waals surface area contributed by atoms with E-state index in [1.165, 1.54) is 16.7 Å². The fourth-order valence-corrected chi connectivity index (χ4v) is 2.03. The van der Waals surface area contributed by atoms with Crippen molar-refractivity contribution in [1.82, 2.24) is 9.38 Å². The summed E-state index contributed by atoms with van der Waals surface area (Å²) in [5.41, 5.74) is 0.669. The van der Waals surface area contributed by atoms with E-state index in [0.29, 0.717) is 14.9 Å². The van der Waals surface area contributed by atoms with Gasteiger partial charge in [0, 0.05) is 15.7 Å². The molecule has 88 valence electrons. The first kappa shape index (κ1) is 11.8. The largest absolute Gasteiger partial charge is 0.481 e. The van der Waals surface area contributed by atoms with E-state index in [0.717, 1.165) is 0 Å². The molecule has 0 fully saturated rings. The average Bonchev–Trinajstić information content (AvgIpc) is 2.56. The van der Waals surface area contributed by atoms with E-state index in [2.05, 4.69) is 4.98 Å². The van der Waals surface area contributed by atoms with Crippen LogP contribution in [0.1, 0.15) is 5.69 Å². The standard InChI is InChI=1S/C9H6IN3O4/c10-5-1-7-11-6(3-9(14)15)4-12(7)8(2-5)13(16)17/h1-2,4H,3H2,(H,14,15). The summed E-state index contributed by atoms with van der Waals surface area (Å²) in [6, 6.07) is 3.05. The molecular weight excluding hydrogens is 341 g/mol. The predicted octanol–water partition coefficient (Wildman–Crippen LogP) is 1.47. The highest BCUT2D eigenvalue weighted by Gasteiger charge is 2.17. The lowest BCUT2D eigenvalue weighted by atomic mass is 10.3. The molecule has 0 amide bonds. The zero-order valence-electron chi connectivity index (χ0n) is 8.33. The van der Waals surface area contributed by atoms with Crippen molar-refractivity contribution in [3.63, 3.8) is 0 Å². The van der Waals surface area contributed by atoms with Gasteiger partial charge in [-0.05, 0) is 27.5 Å². The maximum Gasteiger partial charge on any atom is 0.330 e. The normalized spacial score (nSPS) is 10.6.